The standard InChI is InChI=1S/2C24H20N2.C22H14N2O.C11H11N2.2C9H7N2.3Pt/c2*1-16-13-22(19-7-5-4-6-8-19)14-17(2)24(16)21-11-9-20(10-12-21)23-15-18(3)25-26-23;1-14-12-20(24-23-14)16-8-6-15(7-9-16)17-10-11-19-18-4-2-3-5-21(18)25-22(19)13-17;1-9-8-10(2)13(12-9)11-6-4-3-5-7-11;2*1-2-5-9(6-3-1)11-8-4-7-10-11;;;/h2*4-9,11-15H,1-3H3;2-8,10-13H,1H3;3-6,8H,1-2H3;2*1-5,7-8H;;;/q3*-2;3*-1;;;. The molecule has 115 heavy (non-hydrogen) atoms. The third-order valence-electron chi connectivity index (χ3n) is 18.6. The van der Waals surface area contributed by atoms with E-state index in [2.05, 4.69) is 256 Å². The first kappa shape index (κ1) is 83.7. The van der Waals surface area contributed by atoms with Crippen LogP contribution in [0, 0.1) is 98.7 Å². The average Bonchev–Trinajstić information content (AvgIpc) is 1.69. The molecule has 0 spiro atoms. The van der Waals surface area contributed by atoms with Crippen LogP contribution in [0.25, 0.3) is 128 Å². The maximum absolute atomic E-state index is 5.98. The Morgan fingerprint density at radius 1 is 0.304 bits per heavy atom. The smallest absolute Gasteiger partial charge is 0.135 e. The maximum Gasteiger partial charge on any atom is 0.135 e. The number of aryl methyl sites for hydroxylation is 9. The van der Waals surface area contributed by atoms with Crippen LogP contribution in [-0.2, 0) is 63.2 Å². The minimum absolute atomic E-state index is 0. The zero-order valence-electron chi connectivity index (χ0n) is 64.7. The molecule has 0 bridgehead atoms. The molecule has 0 aliphatic carbocycles. The molecule has 16 heteroatoms. The monoisotopic (exact) mass is 2040 g/mol. The predicted molar refractivity (Wildman–Crippen MR) is 450 cm³/mol. The van der Waals surface area contributed by atoms with Crippen LogP contribution in [0.1, 0.15) is 50.7 Å². The molecule has 19 aromatic rings. The molecule has 0 unspecified atom stereocenters. The van der Waals surface area contributed by atoms with E-state index in [-0.39, 0.29) is 63.2 Å². The van der Waals surface area contributed by atoms with E-state index in [4.69, 9.17) is 4.42 Å². The summed E-state index contributed by atoms with van der Waals surface area (Å²) in [5, 5.41) is 39.5. The van der Waals surface area contributed by atoms with Gasteiger partial charge < -0.3 is 35.0 Å². The first-order valence-corrected chi connectivity index (χ1v) is 36.9. The Labute approximate surface area is 715 Å². The third kappa shape index (κ3) is 21.2. The van der Waals surface area contributed by atoms with Gasteiger partial charge in [-0.1, -0.05) is 189 Å². The van der Waals surface area contributed by atoms with E-state index in [1.165, 1.54) is 66.8 Å². The molecule has 7 aromatic heterocycles. The fraction of sp³-hybridized carbons (Fsp3) is 0.0909. The SMILES string of the molecule is Cc1cc(-c2[c-]cc(-c3c(C)cc(-c4ccccc4)cc3C)cc2)[n-]n1.Cc1cc(-c2[c-]cc(-c3c(C)cc(-c4ccccc4)cc3C)cc2)[n-]n1.Cc1cc(-c2[c-]cc(-c3ccc4c(c3)oc3ccccc34)cc2)[n-]n1.Cc1cc(C)n(-c2[c-]cccc2)n1.[Pt].[Pt].[Pt].[c-]1ccccc1-n1cccn1.[c-]1ccccc1-n1cccn1. The molecule has 0 N–H and O–H groups in total. The molecular weight excluding hydrogens is 1960 g/mol. The largest absolute Gasteiger partial charge is 0.619 e. The van der Waals surface area contributed by atoms with Crippen LogP contribution >= 0.6 is 0 Å². The minimum Gasteiger partial charge on any atom is -0.619 e. The molecule has 7 heterocycles. The number of fused-ring (bicyclic) bond motifs is 3. The van der Waals surface area contributed by atoms with Crippen molar-refractivity contribution in [3.05, 3.63) is 403 Å². The second-order valence-electron chi connectivity index (χ2n) is 27.1. The van der Waals surface area contributed by atoms with Gasteiger partial charge in [0.25, 0.3) is 0 Å². The minimum atomic E-state index is 0. The van der Waals surface area contributed by atoms with Crippen molar-refractivity contribution in [2.24, 2.45) is 0 Å². The van der Waals surface area contributed by atoms with Crippen LogP contribution in [0.3, 0.4) is 0 Å². The number of nitrogens with zero attached hydrogens (tertiary/aromatic N) is 12. The van der Waals surface area contributed by atoms with E-state index in [9.17, 15) is 0 Å². The summed E-state index contributed by atoms with van der Waals surface area (Å²) in [6.07, 6.45) is 7.29. The Balaban J connectivity index is 0.000000140. The maximum atomic E-state index is 5.98. The number of para-hydroxylation sites is 4. The molecule has 0 aliphatic rings. The summed E-state index contributed by atoms with van der Waals surface area (Å²) in [7, 11) is 0. The molecule has 13 nitrogen and oxygen atoms in total. The van der Waals surface area contributed by atoms with Crippen molar-refractivity contribution in [1.82, 2.24) is 59.9 Å². The first-order chi connectivity index (χ1) is 54.7. The molecule has 0 aliphatic heterocycles. The van der Waals surface area contributed by atoms with Crippen molar-refractivity contribution in [1.29, 1.82) is 0 Å². The van der Waals surface area contributed by atoms with Crippen molar-refractivity contribution in [3.63, 3.8) is 0 Å². The van der Waals surface area contributed by atoms with Gasteiger partial charge in [0.05, 0.1) is 5.69 Å². The Morgan fingerprint density at radius 2 is 0.696 bits per heavy atom. The zero-order valence-corrected chi connectivity index (χ0v) is 71.6. The first-order valence-electron chi connectivity index (χ1n) is 36.9. The number of rotatable bonds is 11. The average molecular weight is 2040 g/mol. The normalized spacial score (nSPS) is 10.4. The van der Waals surface area contributed by atoms with Gasteiger partial charge >= 0.3 is 0 Å². The Kier molecular flexibility index (Phi) is 29.1. The van der Waals surface area contributed by atoms with E-state index in [0.29, 0.717) is 0 Å². The van der Waals surface area contributed by atoms with Gasteiger partial charge in [-0.15, -0.1) is 91.0 Å². The van der Waals surface area contributed by atoms with E-state index in [1.54, 1.807) is 21.8 Å². The van der Waals surface area contributed by atoms with E-state index in [0.717, 1.165) is 112 Å². The molecule has 19 rings (SSSR count). The summed E-state index contributed by atoms with van der Waals surface area (Å²) >= 11 is 0. The van der Waals surface area contributed by atoms with Crippen molar-refractivity contribution in [2.45, 2.75) is 62.3 Å². The van der Waals surface area contributed by atoms with Gasteiger partial charge in [-0.2, -0.15) is 105 Å². The van der Waals surface area contributed by atoms with Crippen LogP contribution < -0.4 is 15.3 Å². The quantitative estimate of drug-likeness (QED) is 0.115. The van der Waals surface area contributed by atoms with Gasteiger partial charge in [0.1, 0.15) is 11.2 Å². The molecule has 0 atom stereocenters. The fourth-order valence-electron chi connectivity index (χ4n) is 13.4. The Bertz CT molecular complexity index is 5910. The van der Waals surface area contributed by atoms with Gasteiger partial charge in [-0.05, 0) is 132 Å². The Morgan fingerprint density at radius 3 is 1.06 bits per heavy atom. The van der Waals surface area contributed by atoms with Crippen LogP contribution in [0.15, 0.2) is 320 Å². The van der Waals surface area contributed by atoms with E-state index >= 15 is 0 Å². The number of furan rings is 1. The molecule has 0 fully saturated rings. The van der Waals surface area contributed by atoms with Crippen molar-refractivity contribution in [2.75, 3.05) is 0 Å². The molecular formula is C99H79N12OPt3-9. The summed E-state index contributed by atoms with van der Waals surface area (Å²) in [5.74, 6) is 0. The van der Waals surface area contributed by atoms with Crippen molar-refractivity contribution in [3.8, 4) is 106 Å². The van der Waals surface area contributed by atoms with Crippen molar-refractivity contribution >= 4 is 21.9 Å². The van der Waals surface area contributed by atoms with Crippen molar-refractivity contribution < 1.29 is 67.6 Å². The third-order valence-corrected chi connectivity index (χ3v) is 18.6. The molecule has 580 valence electrons. The van der Waals surface area contributed by atoms with Crippen LogP contribution in [0.2, 0.25) is 0 Å². The molecule has 0 radical (unpaired) electrons. The molecule has 0 saturated heterocycles. The van der Waals surface area contributed by atoms with Gasteiger partial charge in [0.2, 0.25) is 0 Å². The van der Waals surface area contributed by atoms with Gasteiger partial charge in [0, 0.05) is 122 Å². The van der Waals surface area contributed by atoms with Gasteiger partial charge in [-0.3, -0.25) is 14.0 Å². The number of hydrogen-bond acceptors (Lipinski definition) is 7. The summed E-state index contributed by atoms with van der Waals surface area (Å²) in [5.41, 5.74) is 32.4. The Hall–Kier alpha value is -12.2. The summed E-state index contributed by atoms with van der Waals surface area (Å²) in [4.78, 5) is 0. The van der Waals surface area contributed by atoms with E-state index < -0.39 is 0 Å². The summed E-state index contributed by atoms with van der Waals surface area (Å²) in [6.45, 7) is 18.6. The number of benzene rings is 12. The van der Waals surface area contributed by atoms with Crippen LogP contribution in [0.4, 0.5) is 0 Å². The molecule has 12 aromatic carbocycles. The molecule has 0 saturated carbocycles. The predicted octanol–water partition coefficient (Wildman–Crippen LogP) is 22.5. The summed E-state index contributed by atoms with van der Waals surface area (Å²) in [6, 6.07) is 118. The van der Waals surface area contributed by atoms with Gasteiger partial charge in [-0.25, -0.2) is 17.1 Å². The number of aromatic nitrogens is 12. The second-order valence-corrected chi connectivity index (χ2v) is 27.1. The second kappa shape index (κ2) is 40.0. The zero-order chi connectivity index (χ0) is 77.3. The fourth-order valence-corrected chi connectivity index (χ4v) is 13.4. The van der Waals surface area contributed by atoms with Gasteiger partial charge in [0.15, 0.2) is 0 Å². The topological polar surface area (TPSA) is 148 Å². The van der Waals surface area contributed by atoms with Crippen LogP contribution in [-0.4, -0.2) is 44.6 Å². The summed E-state index contributed by atoms with van der Waals surface area (Å²) < 4.78 is 11.4. The number of hydrogen-bond donors (Lipinski definition) is 0. The molecule has 0 amide bonds. The van der Waals surface area contributed by atoms with Crippen LogP contribution in [0.5, 0.6) is 0 Å². The van der Waals surface area contributed by atoms with E-state index in [1.807, 2.05) is 197 Å².